The van der Waals surface area contributed by atoms with E-state index in [1.807, 2.05) is 0 Å². The number of hydrogen-bond donors (Lipinski definition) is 0. The van der Waals surface area contributed by atoms with Crippen molar-refractivity contribution >= 4 is 71.9 Å². The molecule has 0 fully saturated rings. The summed E-state index contributed by atoms with van der Waals surface area (Å²) in [5.74, 6) is 0. The van der Waals surface area contributed by atoms with Gasteiger partial charge in [0.15, 0.2) is 0 Å². The molecular formula is AgBaMgO2+. The van der Waals surface area contributed by atoms with Crippen molar-refractivity contribution in [3.8, 4) is 0 Å². The van der Waals surface area contributed by atoms with Crippen LogP contribution >= 0.6 is 0 Å². The number of hydrogen-bond acceptors (Lipinski definition) is 0. The molecule has 0 aliphatic heterocycles. The molecule has 0 aromatic carbocycles. The first kappa shape index (κ1) is 43.6. The molecule has 0 aromatic heterocycles. The van der Waals surface area contributed by atoms with Gasteiger partial charge < -0.3 is 11.0 Å². The summed E-state index contributed by atoms with van der Waals surface area (Å²) in [6, 6.07) is 0. The maximum atomic E-state index is 0. The monoisotopic (exact) mass is 301 g/mol. The van der Waals surface area contributed by atoms with Gasteiger partial charge in [0.2, 0.25) is 0 Å². The van der Waals surface area contributed by atoms with Crippen LogP contribution in [0, 0.1) is 0 Å². The molecule has 0 saturated heterocycles. The van der Waals surface area contributed by atoms with Crippen LogP contribution < -0.4 is 0 Å². The average Bonchev–Trinajstić information content (AvgIpc) is 0. The van der Waals surface area contributed by atoms with Gasteiger partial charge in [-0.15, -0.1) is 0 Å². The Morgan fingerprint density at radius 1 is 0.800 bits per heavy atom. The van der Waals surface area contributed by atoms with Gasteiger partial charge in [-0.1, -0.05) is 0 Å². The fraction of sp³-hybridized carbons (Fsp3) is 0. The van der Waals surface area contributed by atoms with E-state index in [9.17, 15) is 0 Å². The van der Waals surface area contributed by atoms with E-state index < -0.39 is 0 Å². The minimum atomic E-state index is 0. The van der Waals surface area contributed by atoms with Crippen molar-refractivity contribution in [3.63, 3.8) is 0 Å². The Kier molecular flexibility index (Phi) is 244. The largest absolute Gasteiger partial charge is 2.00 e. The van der Waals surface area contributed by atoms with Crippen molar-refractivity contribution in [2.24, 2.45) is 0 Å². The van der Waals surface area contributed by atoms with E-state index in [4.69, 9.17) is 0 Å². The van der Waals surface area contributed by atoms with Crippen molar-refractivity contribution in [2.75, 3.05) is 0 Å². The smallest absolute Gasteiger partial charge is 2.00 e. The minimum absolute atomic E-state index is 0. The van der Waals surface area contributed by atoms with E-state index in [2.05, 4.69) is 0 Å². The van der Waals surface area contributed by atoms with Crippen LogP contribution in [0.3, 0.4) is 0 Å². The van der Waals surface area contributed by atoms with Crippen LogP contribution in [-0.2, 0) is 33.3 Å². The first-order chi connectivity index (χ1) is 0. The molecular weight excluding hydrogens is 301 g/mol. The van der Waals surface area contributed by atoms with Crippen molar-refractivity contribution in [1.82, 2.24) is 0 Å². The summed E-state index contributed by atoms with van der Waals surface area (Å²) in [7, 11) is 0. The standard InChI is InChI=1S/Ag.Ba.Mg.2O/q+1;2*+2;2*-2. The predicted molar refractivity (Wildman–Crippen MR) is 12.9 cm³/mol. The molecule has 0 aromatic rings. The molecule has 0 spiro atoms. The van der Waals surface area contributed by atoms with Crippen LogP contribution in [0.15, 0.2) is 0 Å². The molecule has 0 bridgehead atoms. The Morgan fingerprint density at radius 3 is 0.800 bits per heavy atom. The summed E-state index contributed by atoms with van der Waals surface area (Å²) in [5, 5.41) is 0. The average molecular weight is 301 g/mol. The first-order valence-electron chi connectivity index (χ1n) is 0. The second-order valence-electron chi connectivity index (χ2n) is 0. The third kappa shape index (κ3) is 19.4. The van der Waals surface area contributed by atoms with Gasteiger partial charge in [-0.05, 0) is 0 Å². The third-order valence-corrected chi connectivity index (χ3v) is 0. The Morgan fingerprint density at radius 2 is 0.800 bits per heavy atom. The van der Waals surface area contributed by atoms with Crippen molar-refractivity contribution in [3.05, 3.63) is 0 Å². The van der Waals surface area contributed by atoms with Crippen LogP contribution in [0.5, 0.6) is 0 Å². The van der Waals surface area contributed by atoms with Gasteiger partial charge in [0, 0.05) is 0 Å². The summed E-state index contributed by atoms with van der Waals surface area (Å²) in [6.07, 6.45) is 0. The Hall–Kier alpha value is 3.00. The molecule has 5 heteroatoms. The quantitative estimate of drug-likeness (QED) is 0.515. The van der Waals surface area contributed by atoms with E-state index >= 15 is 0 Å². The predicted octanol–water partition coefficient (Wildman–Crippen LogP) is -1.00. The van der Waals surface area contributed by atoms with Crippen LogP contribution in [-0.4, -0.2) is 71.9 Å². The zero-order valence-corrected chi connectivity index (χ0v) is 9.87. The van der Waals surface area contributed by atoms with Gasteiger partial charge >= 0.3 is 94.3 Å². The molecule has 0 aliphatic carbocycles. The van der Waals surface area contributed by atoms with Gasteiger partial charge in [-0.25, -0.2) is 0 Å². The third-order valence-electron chi connectivity index (χ3n) is 0. The maximum absolute atomic E-state index is 0. The molecule has 0 radical (unpaired) electrons. The first-order valence-corrected chi connectivity index (χ1v) is 0. The summed E-state index contributed by atoms with van der Waals surface area (Å²) in [4.78, 5) is 0. The van der Waals surface area contributed by atoms with Gasteiger partial charge in [-0.2, -0.15) is 0 Å². The van der Waals surface area contributed by atoms with Gasteiger partial charge in [0.1, 0.15) is 0 Å². The molecule has 0 atom stereocenters. The summed E-state index contributed by atoms with van der Waals surface area (Å²) < 4.78 is 0. The molecule has 5 heavy (non-hydrogen) atoms. The van der Waals surface area contributed by atoms with E-state index in [0.717, 1.165) is 0 Å². The zero-order valence-electron chi connectivity index (χ0n) is 2.53. The van der Waals surface area contributed by atoms with Crippen molar-refractivity contribution in [1.29, 1.82) is 0 Å². The van der Waals surface area contributed by atoms with Crippen molar-refractivity contribution in [2.45, 2.75) is 0 Å². The van der Waals surface area contributed by atoms with Crippen LogP contribution in [0.25, 0.3) is 0 Å². The van der Waals surface area contributed by atoms with E-state index in [1.165, 1.54) is 0 Å². The molecule has 0 heterocycles. The van der Waals surface area contributed by atoms with Crippen LogP contribution in [0.1, 0.15) is 0 Å². The van der Waals surface area contributed by atoms with Gasteiger partial charge in [0.25, 0.3) is 0 Å². The van der Waals surface area contributed by atoms with Crippen molar-refractivity contribution < 1.29 is 33.3 Å². The van der Waals surface area contributed by atoms with E-state index in [1.54, 1.807) is 0 Å². The molecule has 0 rings (SSSR count). The van der Waals surface area contributed by atoms with Gasteiger partial charge in [-0.3, -0.25) is 0 Å². The SMILES string of the molecule is [Ag+].[Ba+2].[Mg+2].[O-2].[O-2]. The minimum Gasteiger partial charge on any atom is -2.00 e. The Balaban J connectivity index is 0. The summed E-state index contributed by atoms with van der Waals surface area (Å²) in [5.41, 5.74) is 0. The van der Waals surface area contributed by atoms with Crippen LogP contribution in [0.2, 0.25) is 0 Å². The Labute approximate surface area is 103 Å². The van der Waals surface area contributed by atoms with E-state index in [-0.39, 0.29) is 105 Å². The number of rotatable bonds is 0. The molecule has 0 amide bonds. The zero-order chi connectivity index (χ0) is 0. The van der Waals surface area contributed by atoms with Crippen LogP contribution in [0.4, 0.5) is 0 Å². The summed E-state index contributed by atoms with van der Waals surface area (Å²) in [6.45, 7) is 0. The molecule has 2 nitrogen and oxygen atoms in total. The maximum Gasteiger partial charge on any atom is 2.00 e. The molecule has 0 saturated carbocycles. The molecule has 0 aliphatic rings. The second kappa shape index (κ2) is 28.0. The summed E-state index contributed by atoms with van der Waals surface area (Å²) >= 11 is 0. The fourth-order valence-corrected chi connectivity index (χ4v) is 0. The fourth-order valence-electron chi connectivity index (χ4n) is 0. The topological polar surface area (TPSA) is 57.0 Å². The normalized spacial score (nSPS) is 0. The van der Waals surface area contributed by atoms with E-state index in [0.29, 0.717) is 0 Å². The molecule has 0 unspecified atom stereocenters. The second-order valence-corrected chi connectivity index (χ2v) is 0. The Bertz CT molecular complexity index is 9.61. The molecule has 0 N–H and O–H groups in total. The van der Waals surface area contributed by atoms with Gasteiger partial charge in [0.05, 0.1) is 0 Å². The molecule has 26 valence electrons.